The fourth-order valence-corrected chi connectivity index (χ4v) is 5.58. The summed E-state index contributed by atoms with van der Waals surface area (Å²) >= 11 is 6.69. The van der Waals surface area contributed by atoms with E-state index in [1.807, 2.05) is 34.6 Å². The third-order valence-electron chi connectivity index (χ3n) is 7.23. The standard InChI is InChI=1S/C26H32ClN9O2/c1-13(2)32-26(37)35-9-17(10-35)34-8-14(3)38-23-18(6-21(27)19(7-28)20(23)11-34)16(5)36-25-22(15(4)33-36)24(29)30-12-31-25/h6,12-14,16-17H,8-11H2,1-5H3,(H,32,37)(H2,29,30,31)/t14-,16?/m0/s1. The lowest BCUT2D eigenvalue weighted by Gasteiger charge is -2.45. The molecule has 2 atom stereocenters. The maximum Gasteiger partial charge on any atom is 0.317 e. The number of nitrogen functional groups attached to an aromatic ring is 1. The molecule has 0 saturated carbocycles. The first kappa shape index (κ1) is 26.0. The van der Waals surface area contributed by atoms with Crippen molar-refractivity contribution in [3.05, 3.63) is 39.8 Å². The number of carbonyl (C=O) groups is 1. The van der Waals surface area contributed by atoms with Gasteiger partial charge in [-0.15, -0.1) is 0 Å². The highest BCUT2D eigenvalue weighted by Gasteiger charge is 2.38. The summed E-state index contributed by atoms with van der Waals surface area (Å²) in [7, 11) is 0. The number of nitrogens with zero attached hydrogens (tertiary/aromatic N) is 7. The summed E-state index contributed by atoms with van der Waals surface area (Å²) in [5.74, 6) is 1.02. The Morgan fingerprint density at radius 2 is 2.03 bits per heavy atom. The van der Waals surface area contributed by atoms with Crippen LogP contribution in [0.5, 0.6) is 5.75 Å². The van der Waals surface area contributed by atoms with E-state index in [4.69, 9.17) is 27.2 Å². The van der Waals surface area contributed by atoms with Crippen LogP contribution in [0.2, 0.25) is 5.02 Å². The van der Waals surface area contributed by atoms with Crippen molar-refractivity contribution >= 4 is 34.5 Å². The van der Waals surface area contributed by atoms with Crippen LogP contribution in [-0.4, -0.2) is 73.4 Å². The lowest BCUT2D eigenvalue weighted by atomic mass is 9.97. The van der Waals surface area contributed by atoms with Crippen LogP contribution in [0.3, 0.4) is 0 Å². The number of hydrogen-bond acceptors (Lipinski definition) is 8. The molecule has 200 valence electrons. The van der Waals surface area contributed by atoms with E-state index in [-0.39, 0.29) is 30.3 Å². The number of rotatable bonds is 4. The van der Waals surface area contributed by atoms with Gasteiger partial charge in [-0.1, -0.05) is 11.6 Å². The lowest BCUT2D eigenvalue weighted by Crippen LogP contribution is -2.63. The molecule has 0 aliphatic carbocycles. The van der Waals surface area contributed by atoms with Crippen molar-refractivity contribution < 1.29 is 9.53 Å². The number of anilines is 1. The fraction of sp³-hybridized carbons (Fsp3) is 0.500. The van der Waals surface area contributed by atoms with E-state index in [1.54, 1.807) is 15.6 Å². The van der Waals surface area contributed by atoms with Gasteiger partial charge in [0.2, 0.25) is 0 Å². The van der Waals surface area contributed by atoms with Gasteiger partial charge in [0.05, 0.1) is 27.7 Å². The number of halogens is 1. The van der Waals surface area contributed by atoms with Crippen LogP contribution in [0.15, 0.2) is 12.4 Å². The molecule has 5 rings (SSSR count). The van der Waals surface area contributed by atoms with Crippen molar-refractivity contribution in [3.8, 4) is 11.8 Å². The van der Waals surface area contributed by atoms with Gasteiger partial charge in [-0.2, -0.15) is 10.4 Å². The molecule has 4 heterocycles. The second-order valence-corrected chi connectivity index (χ2v) is 10.8. The van der Waals surface area contributed by atoms with Crippen LogP contribution in [0.25, 0.3) is 11.0 Å². The monoisotopic (exact) mass is 537 g/mol. The molecule has 2 aromatic heterocycles. The van der Waals surface area contributed by atoms with Crippen molar-refractivity contribution in [1.29, 1.82) is 5.26 Å². The molecule has 1 aromatic carbocycles. The molecule has 2 amide bonds. The number of carbonyl (C=O) groups excluding carboxylic acids is 1. The number of nitriles is 1. The average Bonchev–Trinajstić information content (AvgIpc) is 3.06. The smallest absolute Gasteiger partial charge is 0.317 e. The zero-order valence-electron chi connectivity index (χ0n) is 22.2. The summed E-state index contributed by atoms with van der Waals surface area (Å²) in [6.07, 6.45) is 1.27. The van der Waals surface area contributed by atoms with Gasteiger partial charge in [0.25, 0.3) is 0 Å². The second-order valence-electron chi connectivity index (χ2n) is 10.4. The number of aryl methyl sites for hydroxylation is 1. The van der Waals surface area contributed by atoms with E-state index < -0.39 is 0 Å². The van der Waals surface area contributed by atoms with Gasteiger partial charge in [0, 0.05) is 49.4 Å². The third kappa shape index (κ3) is 4.48. The summed E-state index contributed by atoms with van der Waals surface area (Å²) < 4.78 is 8.30. The van der Waals surface area contributed by atoms with Crippen molar-refractivity contribution in [2.75, 3.05) is 25.4 Å². The lowest BCUT2D eigenvalue weighted by molar-refractivity contribution is 0.0360. The summed E-state index contributed by atoms with van der Waals surface area (Å²) in [6, 6.07) is 3.96. The van der Waals surface area contributed by atoms with Crippen molar-refractivity contribution in [2.45, 2.75) is 65.4 Å². The van der Waals surface area contributed by atoms with Crippen LogP contribution in [0, 0.1) is 18.3 Å². The molecule has 11 nitrogen and oxygen atoms in total. The molecule has 2 aliphatic heterocycles. The minimum atomic E-state index is -0.308. The van der Waals surface area contributed by atoms with Gasteiger partial charge in [-0.25, -0.2) is 19.4 Å². The van der Waals surface area contributed by atoms with Crippen molar-refractivity contribution in [3.63, 3.8) is 0 Å². The highest BCUT2D eigenvalue weighted by Crippen LogP contribution is 2.41. The summed E-state index contributed by atoms with van der Waals surface area (Å²) in [5.41, 5.74) is 9.42. The number of nitrogens with two attached hydrogens (primary N) is 1. The quantitative estimate of drug-likeness (QED) is 0.517. The molecule has 0 bridgehead atoms. The minimum absolute atomic E-state index is 0.0566. The van der Waals surface area contributed by atoms with Crippen LogP contribution >= 0.6 is 11.6 Å². The molecule has 1 unspecified atom stereocenters. The number of benzene rings is 1. The Morgan fingerprint density at radius 1 is 1.29 bits per heavy atom. The van der Waals surface area contributed by atoms with Gasteiger partial charge < -0.3 is 20.7 Å². The first-order chi connectivity index (χ1) is 18.1. The predicted molar refractivity (Wildman–Crippen MR) is 144 cm³/mol. The van der Waals surface area contributed by atoms with Crippen LogP contribution in [0.1, 0.15) is 56.1 Å². The number of urea groups is 1. The van der Waals surface area contributed by atoms with E-state index in [0.29, 0.717) is 59.4 Å². The number of fused-ring (bicyclic) bond motifs is 2. The number of hydrogen-bond donors (Lipinski definition) is 2. The molecule has 12 heteroatoms. The molecule has 0 spiro atoms. The van der Waals surface area contributed by atoms with E-state index in [1.165, 1.54) is 6.33 Å². The molecular formula is C26H32ClN9O2. The number of aromatic nitrogens is 4. The second kappa shape index (κ2) is 9.93. The average molecular weight is 538 g/mol. The maximum absolute atomic E-state index is 12.4. The Hall–Kier alpha value is -3.62. The molecule has 2 aliphatic rings. The highest BCUT2D eigenvalue weighted by atomic mass is 35.5. The van der Waals surface area contributed by atoms with E-state index >= 15 is 0 Å². The topological polar surface area (TPSA) is 138 Å². The first-order valence-corrected chi connectivity index (χ1v) is 13.1. The summed E-state index contributed by atoms with van der Waals surface area (Å²) in [4.78, 5) is 25.0. The molecule has 1 fully saturated rings. The Labute approximate surface area is 226 Å². The van der Waals surface area contributed by atoms with E-state index in [0.717, 1.165) is 16.8 Å². The Bertz CT molecular complexity index is 1440. The Balaban J connectivity index is 1.51. The van der Waals surface area contributed by atoms with E-state index in [2.05, 4.69) is 26.3 Å². The molecule has 3 aromatic rings. The molecule has 38 heavy (non-hydrogen) atoms. The normalized spacial score (nSPS) is 18.9. The maximum atomic E-state index is 12.4. The SMILES string of the molecule is Cc1nn(C(C)c2cc(Cl)c(C#N)c3c2O[C@@H](C)CN(C2CN(C(=O)NC(C)C)C2)C3)c2ncnc(N)c12. The zero-order valence-corrected chi connectivity index (χ0v) is 23.0. The Morgan fingerprint density at radius 3 is 2.71 bits per heavy atom. The van der Waals surface area contributed by atoms with Gasteiger partial charge in [-0.3, -0.25) is 4.90 Å². The summed E-state index contributed by atoms with van der Waals surface area (Å²) in [6.45, 7) is 12.2. The molecule has 0 radical (unpaired) electrons. The van der Waals surface area contributed by atoms with Gasteiger partial charge in [-0.05, 0) is 40.7 Å². The highest BCUT2D eigenvalue weighted by molar-refractivity contribution is 6.32. The molecular weight excluding hydrogens is 506 g/mol. The van der Waals surface area contributed by atoms with Crippen molar-refractivity contribution in [1.82, 2.24) is 34.9 Å². The van der Waals surface area contributed by atoms with Crippen LogP contribution in [0.4, 0.5) is 10.6 Å². The number of nitrogens with one attached hydrogen (secondary N) is 1. The fourth-order valence-electron chi connectivity index (χ4n) is 5.30. The zero-order chi connectivity index (χ0) is 27.3. The van der Waals surface area contributed by atoms with Gasteiger partial charge >= 0.3 is 6.03 Å². The van der Waals surface area contributed by atoms with Gasteiger partial charge in [0.15, 0.2) is 5.65 Å². The molecule has 1 saturated heterocycles. The van der Waals surface area contributed by atoms with E-state index in [9.17, 15) is 10.1 Å². The van der Waals surface area contributed by atoms with Gasteiger partial charge in [0.1, 0.15) is 30.1 Å². The Kier molecular flexibility index (Phi) is 6.79. The minimum Gasteiger partial charge on any atom is -0.489 e. The first-order valence-electron chi connectivity index (χ1n) is 12.8. The van der Waals surface area contributed by atoms with Crippen LogP contribution < -0.4 is 15.8 Å². The number of likely N-dealkylation sites (tertiary alicyclic amines) is 1. The predicted octanol–water partition coefficient (Wildman–Crippen LogP) is 3.24. The summed E-state index contributed by atoms with van der Waals surface area (Å²) in [5, 5.41) is 18.8. The largest absolute Gasteiger partial charge is 0.489 e. The third-order valence-corrected chi connectivity index (χ3v) is 7.53. The number of amides is 2. The number of ether oxygens (including phenoxy) is 1. The molecule has 3 N–H and O–H groups in total. The van der Waals surface area contributed by atoms with Crippen LogP contribution in [-0.2, 0) is 6.54 Å². The van der Waals surface area contributed by atoms with Crippen molar-refractivity contribution in [2.24, 2.45) is 0 Å².